The first-order chi connectivity index (χ1) is 10.7. The highest BCUT2D eigenvalue weighted by atomic mass is 19.3. The van der Waals surface area contributed by atoms with Gasteiger partial charge in [0.25, 0.3) is 6.43 Å². The molecule has 0 aliphatic rings. The number of aromatic amines is 1. The number of rotatable bonds is 6. The lowest BCUT2D eigenvalue weighted by molar-refractivity contribution is 0.141. The van der Waals surface area contributed by atoms with Gasteiger partial charge in [-0.15, -0.1) is 0 Å². The zero-order valence-electron chi connectivity index (χ0n) is 11.8. The molecule has 0 saturated carbocycles. The normalized spacial score (nSPS) is 11.2. The minimum Gasteiger partial charge on any atom is -0.369 e. The van der Waals surface area contributed by atoms with Crippen LogP contribution in [0.25, 0.3) is 10.9 Å². The van der Waals surface area contributed by atoms with E-state index >= 15 is 0 Å². The van der Waals surface area contributed by atoms with Gasteiger partial charge in [-0.05, 0) is 31.0 Å². The molecule has 0 fully saturated rings. The van der Waals surface area contributed by atoms with Gasteiger partial charge in [0.1, 0.15) is 5.82 Å². The van der Waals surface area contributed by atoms with Gasteiger partial charge in [0.05, 0.1) is 5.52 Å². The highest BCUT2D eigenvalue weighted by Crippen LogP contribution is 2.24. The second-order valence-corrected chi connectivity index (χ2v) is 4.86. The monoisotopic (exact) mass is 303 g/mol. The van der Waals surface area contributed by atoms with Crippen molar-refractivity contribution in [1.29, 1.82) is 0 Å². The Balaban J connectivity index is 1.74. The molecule has 3 rings (SSSR count). The smallest absolute Gasteiger partial charge is 0.297 e. The summed E-state index contributed by atoms with van der Waals surface area (Å²) in [5.41, 5.74) is 1.56. The fourth-order valence-corrected chi connectivity index (χ4v) is 2.24. The number of hydrogen-bond acceptors (Lipinski definition) is 4. The molecule has 0 saturated heterocycles. The van der Waals surface area contributed by atoms with E-state index in [1.54, 1.807) is 18.3 Å². The van der Waals surface area contributed by atoms with Crippen LogP contribution in [0.1, 0.15) is 24.4 Å². The number of anilines is 1. The number of halogens is 2. The standard InChI is InChI=1S/C15H15F2N5/c16-13(17)15-20-12-6-2-1-5-11(12)14(21-15)18-8-3-4-10-7-9-19-22-10/h1-2,5-7,9,13H,3-4,8H2,(H,19,22)(H,18,20,21). The Morgan fingerprint density at radius 2 is 2.00 bits per heavy atom. The lowest BCUT2D eigenvalue weighted by Crippen LogP contribution is -2.08. The number of nitrogens with zero attached hydrogens (tertiary/aromatic N) is 3. The molecule has 0 radical (unpaired) electrons. The van der Waals surface area contributed by atoms with Crippen molar-refractivity contribution >= 4 is 16.7 Å². The summed E-state index contributed by atoms with van der Waals surface area (Å²) in [5, 5.41) is 10.6. The first kappa shape index (κ1) is 14.4. The summed E-state index contributed by atoms with van der Waals surface area (Å²) in [6.07, 6.45) is 0.688. The maximum atomic E-state index is 12.9. The highest BCUT2D eigenvalue weighted by molar-refractivity contribution is 5.88. The Bertz CT molecular complexity index is 743. The van der Waals surface area contributed by atoms with Crippen molar-refractivity contribution in [2.75, 3.05) is 11.9 Å². The van der Waals surface area contributed by atoms with Gasteiger partial charge in [0.2, 0.25) is 0 Å². The number of fused-ring (bicyclic) bond motifs is 1. The van der Waals surface area contributed by atoms with Crippen molar-refractivity contribution in [3.63, 3.8) is 0 Å². The van der Waals surface area contributed by atoms with Crippen LogP contribution in [0.2, 0.25) is 0 Å². The van der Waals surface area contributed by atoms with E-state index in [9.17, 15) is 8.78 Å². The SMILES string of the molecule is FC(F)c1nc(NCCCc2ccn[nH]2)c2ccccc2n1. The summed E-state index contributed by atoms with van der Waals surface area (Å²) >= 11 is 0. The van der Waals surface area contributed by atoms with Gasteiger partial charge in [0, 0.05) is 23.8 Å². The van der Waals surface area contributed by atoms with Crippen molar-refractivity contribution in [2.24, 2.45) is 0 Å². The molecule has 0 aliphatic heterocycles. The molecule has 1 aromatic carbocycles. The number of aryl methyl sites for hydroxylation is 1. The predicted octanol–water partition coefficient (Wildman–Crippen LogP) is 3.34. The summed E-state index contributed by atoms with van der Waals surface area (Å²) in [4.78, 5) is 7.83. The summed E-state index contributed by atoms with van der Waals surface area (Å²) in [6, 6.07) is 9.05. The van der Waals surface area contributed by atoms with E-state index in [1.165, 1.54) is 0 Å². The molecule has 2 aromatic heterocycles. The molecule has 2 N–H and O–H groups in total. The molecule has 22 heavy (non-hydrogen) atoms. The molecule has 0 aliphatic carbocycles. The van der Waals surface area contributed by atoms with E-state index in [2.05, 4.69) is 25.5 Å². The van der Waals surface area contributed by atoms with E-state index in [1.807, 2.05) is 18.2 Å². The molecular weight excluding hydrogens is 288 g/mol. The second kappa shape index (κ2) is 6.46. The molecule has 0 atom stereocenters. The molecule has 0 amide bonds. The fraction of sp³-hybridized carbons (Fsp3) is 0.267. The van der Waals surface area contributed by atoms with E-state index in [-0.39, 0.29) is 0 Å². The first-order valence-corrected chi connectivity index (χ1v) is 7.01. The first-order valence-electron chi connectivity index (χ1n) is 7.01. The molecule has 114 valence electrons. The second-order valence-electron chi connectivity index (χ2n) is 4.86. The lowest BCUT2D eigenvalue weighted by atomic mass is 10.2. The Labute approximate surface area is 125 Å². The number of nitrogens with one attached hydrogen (secondary N) is 2. The minimum absolute atomic E-state index is 0.449. The number of hydrogen-bond donors (Lipinski definition) is 2. The van der Waals surface area contributed by atoms with Crippen molar-refractivity contribution < 1.29 is 8.78 Å². The average Bonchev–Trinajstić information content (AvgIpc) is 3.04. The maximum Gasteiger partial charge on any atom is 0.297 e. The van der Waals surface area contributed by atoms with Gasteiger partial charge in [0.15, 0.2) is 5.82 Å². The Morgan fingerprint density at radius 3 is 2.77 bits per heavy atom. The zero-order valence-corrected chi connectivity index (χ0v) is 11.8. The number of alkyl halides is 2. The fourth-order valence-electron chi connectivity index (χ4n) is 2.24. The van der Waals surface area contributed by atoms with Crippen LogP contribution in [0.4, 0.5) is 14.6 Å². The molecule has 0 spiro atoms. The van der Waals surface area contributed by atoms with Crippen LogP contribution in [0.5, 0.6) is 0 Å². The van der Waals surface area contributed by atoms with Crippen LogP contribution >= 0.6 is 0 Å². The number of benzene rings is 1. The van der Waals surface area contributed by atoms with Crippen LogP contribution < -0.4 is 5.32 Å². The molecule has 7 heteroatoms. The summed E-state index contributed by atoms with van der Waals surface area (Å²) in [5.74, 6) is 0.000258. The molecule has 2 heterocycles. The lowest BCUT2D eigenvalue weighted by Gasteiger charge is -2.10. The average molecular weight is 303 g/mol. The van der Waals surface area contributed by atoms with Gasteiger partial charge < -0.3 is 5.32 Å². The predicted molar refractivity (Wildman–Crippen MR) is 79.9 cm³/mol. The quantitative estimate of drug-likeness (QED) is 0.685. The largest absolute Gasteiger partial charge is 0.369 e. The van der Waals surface area contributed by atoms with E-state index < -0.39 is 12.2 Å². The van der Waals surface area contributed by atoms with Gasteiger partial charge in [-0.1, -0.05) is 12.1 Å². The number of aromatic nitrogens is 4. The van der Waals surface area contributed by atoms with Gasteiger partial charge in [-0.3, -0.25) is 5.10 Å². The van der Waals surface area contributed by atoms with Crippen LogP contribution in [0.15, 0.2) is 36.5 Å². The Morgan fingerprint density at radius 1 is 1.14 bits per heavy atom. The van der Waals surface area contributed by atoms with Crippen molar-refractivity contribution in [2.45, 2.75) is 19.3 Å². The van der Waals surface area contributed by atoms with Crippen molar-refractivity contribution in [3.8, 4) is 0 Å². The van der Waals surface area contributed by atoms with Gasteiger partial charge in [-0.25, -0.2) is 18.7 Å². The maximum absolute atomic E-state index is 12.9. The van der Waals surface area contributed by atoms with Crippen LogP contribution in [-0.4, -0.2) is 26.7 Å². The minimum atomic E-state index is -2.69. The molecule has 3 aromatic rings. The summed E-state index contributed by atoms with van der Waals surface area (Å²) in [6.45, 7) is 0.628. The van der Waals surface area contributed by atoms with E-state index in [4.69, 9.17) is 0 Å². The Kier molecular flexibility index (Phi) is 4.22. The third-order valence-electron chi connectivity index (χ3n) is 3.29. The van der Waals surface area contributed by atoms with Gasteiger partial charge >= 0.3 is 0 Å². The summed E-state index contributed by atoms with van der Waals surface area (Å²) in [7, 11) is 0. The molecular formula is C15H15F2N5. The van der Waals surface area contributed by atoms with Crippen molar-refractivity contribution in [1.82, 2.24) is 20.2 Å². The molecule has 0 bridgehead atoms. The Hall–Kier alpha value is -2.57. The number of H-pyrrole nitrogens is 1. The molecule has 0 unspecified atom stereocenters. The van der Waals surface area contributed by atoms with Crippen molar-refractivity contribution in [3.05, 3.63) is 48.0 Å². The van der Waals surface area contributed by atoms with Gasteiger partial charge in [-0.2, -0.15) is 5.10 Å². The van der Waals surface area contributed by atoms with Crippen LogP contribution in [0.3, 0.4) is 0 Å². The number of para-hydroxylation sites is 1. The van der Waals surface area contributed by atoms with Crippen LogP contribution in [-0.2, 0) is 6.42 Å². The third kappa shape index (κ3) is 3.19. The zero-order chi connectivity index (χ0) is 15.4. The summed E-state index contributed by atoms with van der Waals surface area (Å²) < 4.78 is 25.8. The molecule has 5 nitrogen and oxygen atoms in total. The van der Waals surface area contributed by atoms with E-state index in [0.29, 0.717) is 17.9 Å². The van der Waals surface area contributed by atoms with E-state index in [0.717, 1.165) is 23.9 Å². The third-order valence-corrected chi connectivity index (χ3v) is 3.29. The topological polar surface area (TPSA) is 66.5 Å². The van der Waals surface area contributed by atoms with Crippen LogP contribution in [0, 0.1) is 0 Å². The highest BCUT2D eigenvalue weighted by Gasteiger charge is 2.14.